The zero-order valence-electron chi connectivity index (χ0n) is 14.6. The van der Waals surface area contributed by atoms with Crippen LogP contribution in [-0.2, 0) is 22.7 Å². The smallest absolute Gasteiger partial charge is 0.251 e. The van der Waals surface area contributed by atoms with Crippen LogP contribution in [0.2, 0.25) is 0 Å². The van der Waals surface area contributed by atoms with Gasteiger partial charge in [0.15, 0.2) is 0 Å². The molecular weight excluding hydrogens is 366 g/mol. The van der Waals surface area contributed by atoms with Crippen molar-refractivity contribution in [2.24, 2.45) is 0 Å². The van der Waals surface area contributed by atoms with E-state index in [9.17, 15) is 14.4 Å². The van der Waals surface area contributed by atoms with E-state index >= 15 is 0 Å². The van der Waals surface area contributed by atoms with E-state index < -0.39 is 0 Å². The highest BCUT2D eigenvalue weighted by Crippen LogP contribution is 2.26. The van der Waals surface area contributed by atoms with Gasteiger partial charge >= 0.3 is 0 Å². The third-order valence-corrected chi connectivity index (χ3v) is 5.73. The molecule has 8 heteroatoms. The lowest BCUT2D eigenvalue weighted by Crippen LogP contribution is -2.57. The molecule has 4 rings (SSSR count). The molecule has 0 bridgehead atoms. The molecule has 140 valence electrons. The second-order valence-electron chi connectivity index (χ2n) is 6.53. The molecule has 2 aliphatic rings. The second-order valence-corrected chi connectivity index (χ2v) is 7.53. The van der Waals surface area contributed by atoms with E-state index in [0.717, 1.165) is 5.56 Å². The Kier molecular flexibility index (Phi) is 4.89. The topological polar surface area (TPSA) is 82.9 Å². The lowest BCUT2D eigenvalue weighted by molar-refractivity contribution is -0.153. The molecule has 0 aliphatic carbocycles. The first-order valence-electron chi connectivity index (χ1n) is 8.67. The summed E-state index contributed by atoms with van der Waals surface area (Å²) in [5.41, 5.74) is 1.42. The number of amides is 3. The summed E-state index contributed by atoms with van der Waals surface area (Å²) < 4.78 is 5.19. The van der Waals surface area contributed by atoms with Crippen LogP contribution in [0.4, 0.5) is 0 Å². The molecule has 0 saturated carbocycles. The Labute approximate surface area is 160 Å². The average Bonchev–Trinajstić information content (AvgIpc) is 3.36. The Bertz CT molecular complexity index is 850. The van der Waals surface area contributed by atoms with Crippen molar-refractivity contribution in [1.82, 2.24) is 15.1 Å². The first-order valence-corrected chi connectivity index (χ1v) is 9.83. The zero-order chi connectivity index (χ0) is 18.8. The van der Waals surface area contributed by atoms with Gasteiger partial charge in [-0.1, -0.05) is 12.1 Å². The standard InChI is InChI=1S/C19H19N3O4S/c23-17-10-21(19(25)16-11-27-12-22(16)17)9-13-3-5-14(6-4-13)18(24)20-8-15-2-1-7-26-15/h1-7,16H,8-12H2,(H,20,24)/t16-/m0/s1. The minimum absolute atomic E-state index is 0.000123. The number of nitrogens with zero attached hydrogens (tertiary/aromatic N) is 2. The SMILES string of the molecule is O=C(NCc1ccco1)c1ccc(CN2CC(=O)N3CSC[C@H]3C2=O)cc1. The predicted octanol–water partition coefficient (Wildman–Crippen LogP) is 1.45. The van der Waals surface area contributed by atoms with Gasteiger partial charge in [-0.25, -0.2) is 0 Å². The summed E-state index contributed by atoms with van der Waals surface area (Å²) in [6.45, 7) is 0.809. The Hall–Kier alpha value is -2.74. The first-order chi connectivity index (χ1) is 13.1. The molecular formula is C19H19N3O4S. The van der Waals surface area contributed by atoms with Crippen molar-refractivity contribution in [3.8, 4) is 0 Å². The summed E-state index contributed by atoms with van der Waals surface area (Å²) in [6, 6.07) is 10.3. The predicted molar refractivity (Wildman–Crippen MR) is 99.7 cm³/mol. The van der Waals surface area contributed by atoms with Crippen molar-refractivity contribution in [1.29, 1.82) is 0 Å². The third-order valence-electron chi connectivity index (χ3n) is 4.72. The molecule has 1 N–H and O–H groups in total. The maximum atomic E-state index is 12.6. The van der Waals surface area contributed by atoms with E-state index in [-0.39, 0.29) is 30.3 Å². The number of nitrogens with one attached hydrogen (secondary N) is 1. The van der Waals surface area contributed by atoms with Crippen LogP contribution in [0.25, 0.3) is 0 Å². The Balaban J connectivity index is 1.37. The van der Waals surface area contributed by atoms with E-state index in [1.54, 1.807) is 52.1 Å². The summed E-state index contributed by atoms with van der Waals surface area (Å²) in [4.78, 5) is 40.2. The fourth-order valence-electron chi connectivity index (χ4n) is 3.23. The van der Waals surface area contributed by atoms with Crippen molar-refractivity contribution >= 4 is 29.5 Å². The fraction of sp³-hybridized carbons (Fsp3) is 0.316. The van der Waals surface area contributed by atoms with Gasteiger partial charge in [0.1, 0.15) is 18.3 Å². The summed E-state index contributed by atoms with van der Waals surface area (Å²) >= 11 is 1.61. The second kappa shape index (κ2) is 7.48. The van der Waals surface area contributed by atoms with Gasteiger partial charge < -0.3 is 19.5 Å². The van der Waals surface area contributed by atoms with Crippen LogP contribution < -0.4 is 5.32 Å². The molecule has 7 nitrogen and oxygen atoms in total. The number of rotatable bonds is 5. The number of hydrogen-bond donors (Lipinski definition) is 1. The van der Waals surface area contributed by atoms with Crippen LogP contribution in [0.5, 0.6) is 0 Å². The molecule has 2 aromatic rings. The Morgan fingerprint density at radius 1 is 1.22 bits per heavy atom. The Morgan fingerprint density at radius 2 is 2.04 bits per heavy atom. The van der Waals surface area contributed by atoms with E-state index in [2.05, 4.69) is 5.32 Å². The lowest BCUT2D eigenvalue weighted by atomic mass is 10.1. The van der Waals surface area contributed by atoms with Crippen molar-refractivity contribution in [3.63, 3.8) is 0 Å². The van der Waals surface area contributed by atoms with E-state index in [1.165, 1.54) is 0 Å². The van der Waals surface area contributed by atoms with Crippen LogP contribution in [0.1, 0.15) is 21.7 Å². The highest BCUT2D eigenvalue weighted by molar-refractivity contribution is 7.99. The zero-order valence-corrected chi connectivity index (χ0v) is 15.4. The molecule has 27 heavy (non-hydrogen) atoms. The van der Waals surface area contributed by atoms with E-state index in [4.69, 9.17) is 4.42 Å². The van der Waals surface area contributed by atoms with Crippen LogP contribution in [0, 0.1) is 0 Å². The minimum Gasteiger partial charge on any atom is -0.467 e. The fourth-order valence-corrected chi connectivity index (χ4v) is 4.41. The van der Waals surface area contributed by atoms with Gasteiger partial charge in [0.25, 0.3) is 5.91 Å². The number of furan rings is 1. The number of carbonyl (C=O) groups is 3. The number of benzene rings is 1. The van der Waals surface area contributed by atoms with Crippen LogP contribution in [-0.4, -0.2) is 51.7 Å². The quantitative estimate of drug-likeness (QED) is 0.842. The highest BCUT2D eigenvalue weighted by Gasteiger charge is 2.42. The van der Waals surface area contributed by atoms with Gasteiger partial charge in [0.2, 0.25) is 11.8 Å². The summed E-state index contributed by atoms with van der Waals surface area (Å²) in [5, 5.41) is 2.79. The van der Waals surface area contributed by atoms with Gasteiger partial charge in [0.05, 0.1) is 18.7 Å². The molecule has 3 amide bonds. The van der Waals surface area contributed by atoms with Crippen molar-refractivity contribution in [3.05, 3.63) is 59.5 Å². The van der Waals surface area contributed by atoms with Crippen molar-refractivity contribution in [2.75, 3.05) is 18.2 Å². The molecule has 0 unspecified atom stereocenters. The van der Waals surface area contributed by atoms with Gasteiger partial charge in [-0.05, 0) is 29.8 Å². The number of thioether (sulfide) groups is 1. The summed E-state index contributed by atoms with van der Waals surface area (Å²) in [6.07, 6.45) is 1.56. The minimum atomic E-state index is -0.331. The number of hydrogen-bond acceptors (Lipinski definition) is 5. The molecule has 3 heterocycles. The maximum Gasteiger partial charge on any atom is 0.251 e. The molecule has 0 spiro atoms. The Morgan fingerprint density at radius 3 is 2.78 bits per heavy atom. The number of piperazine rings is 1. The van der Waals surface area contributed by atoms with Gasteiger partial charge in [-0.2, -0.15) is 0 Å². The van der Waals surface area contributed by atoms with Crippen LogP contribution >= 0.6 is 11.8 Å². The molecule has 1 aromatic carbocycles. The van der Waals surface area contributed by atoms with E-state index in [0.29, 0.717) is 36.0 Å². The van der Waals surface area contributed by atoms with Crippen LogP contribution in [0.3, 0.4) is 0 Å². The largest absolute Gasteiger partial charge is 0.467 e. The van der Waals surface area contributed by atoms with E-state index in [1.807, 2.05) is 12.1 Å². The molecule has 2 aliphatic heterocycles. The van der Waals surface area contributed by atoms with Crippen LogP contribution in [0.15, 0.2) is 47.1 Å². The monoisotopic (exact) mass is 385 g/mol. The first kappa shape index (κ1) is 17.7. The third kappa shape index (κ3) is 3.71. The molecule has 2 saturated heterocycles. The molecule has 1 aromatic heterocycles. The number of carbonyl (C=O) groups excluding carboxylic acids is 3. The molecule has 1 atom stereocenters. The normalized spacial score (nSPS) is 19.3. The lowest BCUT2D eigenvalue weighted by Gasteiger charge is -2.35. The van der Waals surface area contributed by atoms with Gasteiger partial charge in [-0.15, -0.1) is 11.8 Å². The number of fused-ring (bicyclic) bond motifs is 1. The molecule has 0 radical (unpaired) electrons. The van der Waals surface area contributed by atoms with Gasteiger partial charge in [0, 0.05) is 17.9 Å². The van der Waals surface area contributed by atoms with Crippen molar-refractivity contribution in [2.45, 2.75) is 19.1 Å². The van der Waals surface area contributed by atoms with Crippen molar-refractivity contribution < 1.29 is 18.8 Å². The average molecular weight is 385 g/mol. The van der Waals surface area contributed by atoms with Gasteiger partial charge in [-0.3, -0.25) is 14.4 Å². The molecule has 2 fully saturated rings. The summed E-state index contributed by atoms with van der Waals surface area (Å²) in [5.74, 6) is 1.76. The highest BCUT2D eigenvalue weighted by atomic mass is 32.2. The summed E-state index contributed by atoms with van der Waals surface area (Å²) in [7, 11) is 0. The maximum absolute atomic E-state index is 12.6.